The van der Waals surface area contributed by atoms with Gasteiger partial charge in [0.25, 0.3) is 0 Å². The van der Waals surface area contributed by atoms with Crippen molar-refractivity contribution in [3.8, 4) is 0 Å². The van der Waals surface area contributed by atoms with Gasteiger partial charge in [0.2, 0.25) is 0 Å². The number of aliphatic hydroxyl groups is 2. The Labute approximate surface area is 103 Å². The summed E-state index contributed by atoms with van der Waals surface area (Å²) in [6, 6.07) is 0. The molecule has 0 aromatic heterocycles. The Morgan fingerprint density at radius 1 is 0.875 bits per heavy atom. The van der Waals surface area contributed by atoms with E-state index >= 15 is 0 Å². The molecule has 3 N–H and O–H groups in total. The van der Waals surface area contributed by atoms with Crippen molar-refractivity contribution in [1.82, 2.24) is 0 Å². The Morgan fingerprint density at radius 2 is 1.31 bits per heavy atom. The van der Waals surface area contributed by atoms with E-state index in [1.165, 1.54) is 6.42 Å². The number of piperidine rings is 3. The van der Waals surface area contributed by atoms with Gasteiger partial charge < -0.3 is 22.6 Å². The second-order valence-electron chi connectivity index (χ2n) is 7.34. The van der Waals surface area contributed by atoms with E-state index in [1.807, 2.05) is 0 Å². The van der Waals surface area contributed by atoms with Gasteiger partial charge in [-0.25, -0.2) is 0 Å². The highest BCUT2D eigenvalue weighted by Gasteiger charge is 2.72. The van der Waals surface area contributed by atoms with Gasteiger partial charge in [-0.15, -0.1) is 0 Å². The number of halogens is 1. The van der Waals surface area contributed by atoms with Gasteiger partial charge in [-0.05, 0) is 26.2 Å². The second kappa shape index (κ2) is 2.94. The monoisotopic (exact) mass is 247 g/mol. The van der Waals surface area contributed by atoms with Crippen LogP contribution in [0.4, 0.5) is 0 Å². The first-order valence-electron chi connectivity index (χ1n) is 5.98. The summed E-state index contributed by atoms with van der Waals surface area (Å²) >= 11 is 0. The molecule has 0 amide bonds. The predicted molar refractivity (Wildman–Crippen MR) is 56.0 cm³/mol. The Balaban J connectivity index is 0.000000963. The molecule has 16 heavy (non-hydrogen) atoms. The van der Waals surface area contributed by atoms with E-state index in [0.29, 0.717) is 10.8 Å². The first-order valence-corrected chi connectivity index (χ1v) is 5.98. The number of rotatable bonds is 0. The Morgan fingerprint density at radius 3 is 1.69 bits per heavy atom. The van der Waals surface area contributed by atoms with Gasteiger partial charge in [0, 0.05) is 10.8 Å². The predicted octanol–water partition coefficient (Wildman–Crippen LogP) is -3.26. The van der Waals surface area contributed by atoms with Crippen LogP contribution in [-0.2, 0) is 0 Å². The third-order valence-corrected chi connectivity index (χ3v) is 5.10. The van der Waals surface area contributed by atoms with Gasteiger partial charge >= 0.3 is 5.91 Å². The first kappa shape index (κ1) is 12.6. The second-order valence-corrected chi connectivity index (χ2v) is 7.34. The molecule has 4 atom stereocenters. The molecular formula is C12H22ClNO2. The third kappa shape index (κ3) is 1.32. The van der Waals surface area contributed by atoms with Crippen LogP contribution in [0.2, 0.25) is 0 Å². The number of nitrogens with one attached hydrogen (secondary N) is 1. The van der Waals surface area contributed by atoms with E-state index in [9.17, 15) is 10.2 Å². The molecule has 2 unspecified atom stereocenters. The van der Waals surface area contributed by atoms with Crippen molar-refractivity contribution in [3.63, 3.8) is 0 Å². The molecule has 0 aromatic carbocycles. The third-order valence-electron chi connectivity index (χ3n) is 5.10. The summed E-state index contributed by atoms with van der Waals surface area (Å²) in [6.07, 6.45) is 3.19. The van der Waals surface area contributed by atoms with Crippen molar-refractivity contribution in [2.24, 2.45) is 16.2 Å². The summed E-state index contributed by atoms with van der Waals surface area (Å²) in [4.78, 5) is 0.999. The van der Waals surface area contributed by atoms with Crippen LogP contribution in [0.25, 0.3) is 0 Å². The highest BCUT2D eigenvalue weighted by atomic mass is 35.5. The lowest BCUT2D eigenvalue weighted by Gasteiger charge is -2.66. The van der Waals surface area contributed by atoms with Crippen molar-refractivity contribution >= 4 is 0 Å². The minimum atomic E-state index is -1.49. The SMILES string of the molecule is CC12C[C@]3(C)C[NH+](C[C@](C)(C1)C3)C2(O)O.[Cl-]. The first-order chi connectivity index (χ1) is 6.68. The van der Waals surface area contributed by atoms with E-state index in [2.05, 4.69) is 20.8 Å². The summed E-state index contributed by atoms with van der Waals surface area (Å²) in [7, 11) is 0. The minimum Gasteiger partial charge on any atom is -1.00 e. The van der Waals surface area contributed by atoms with Crippen molar-refractivity contribution in [2.75, 3.05) is 13.1 Å². The highest BCUT2D eigenvalue weighted by Crippen LogP contribution is 2.60. The van der Waals surface area contributed by atoms with Crippen molar-refractivity contribution in [1.29, 1.82) is 0 Å². The molecule has 4 aliphatic rings. The van der Waals surface area contributed by atoms with E-state index in [4.69, 9.17) is 0 Å². The van der Waals surface area contributed by atoms with Crippen LogP contribution >= 0.6 is 0 Å². The topological polar surface area (TPSA) is 44.9 Å². The van der Waals surface area contributed by atoms with E-state index in [0.717, 1.165) is 30.8 Å². The molecule has 0 radical (unpaired) electrons. The van der Waals surface area contributed by atoms with Crippen LogP contribution in [0.15, 0.2) is 0 Å². The zero-order valence-corrected chi connectivity index (χ0v) is 11.1. The average Bonchev–Trinajstić information content (AvgIpc) is 1.94. The van der Waals surface area contributed by atoms with Crippen LogP contribution in [0.3, 0.4) is 0 Å². The molecule has 4 heteroatoms. The largest absolute Gasteiger partial charge is 1.00 e. The van der Waals surface area contributed by atoms with Crippen LogP contribution in [-0.4, -0.2) is 29.2 Å². The summed E-state index contributed by atoms with van der Waals surface area (Å²) in [5.74, 6) is -1.49. The lowest BCUT2D eigenvalue weighted by atomic mass is 9.48. The van der Waals surface area contributed by atoms with E-state index in [-0.39, 0.29) is 17.8 Å². The zero-order valence-electron chi connectivity index (χ0n) is 10.3. The molecule has 0 spiro atoms. The maximum Gasteiger partial charge on any atom is 0.318 e. The normalized spacial score (nSPS) is 57.2. The van der Waals surface area contributed by atoms with E-state index in [1.54, 1.807) is 0 Å². The standard InChI is InChI=1S/C12H21NO2.ClH/c1-9-4-10(2)6-11(3,5-9)12(14,15)13(7-9)8-10;/h14-15H,4-8H2,1-3H3;1H/t9-,10+,11?;. The molecule has 3 heterocycles. The van der Waals surface area contributed by atoms with Crippen molar-refractivity contribution in [2.45, 2.75) is 45.9 Å². The molecule has 4 rings (SSSR count). The maximum absolute atomic E-state index is 10.3. The van der Waals surface area contributed by atoms with Gasteiger partial charge in [0.05, 0.1) is 18.5 Å². The van der Waals surface area contributed by atoms with Gasteiger partial charge in [0.15, 0.2) is 0 Å². The van der Waals surface area contributed by atoms with Crippen LogP contribution in [0, 0.1) is 16.2 Å². The van der Waals surface area contributed by atoms with Crippen molar-refractivity contribution < 1.29 is 27.5 Å². The quantitative estimate of drug-likeness (QED) is 0.394. The molecule has 3 aliphatic heterocycles. The number of hydrogen-bond acceptors (Lipinski definition) is 2. The Bertz CT molecular complexity index is 313. The average molecular weight is 248 g/mol. The van der Waals surface area contributed by atoms with Gasteiger partial charge in [0.1, 0.15) is 0 Å². The smallest absolute Gasteiger partial charge is 0.318 e. The summed E-state index contributed by atoms with van der Waals surface area (Å²) < 4.78 is 0. The van der Waals surface area contributed by atoms with Gasteiger partial charge in [-0.1, -0.05) is 13.8 Å². The van der Waals surface area contributed by atoms with Gasteiger partial charge in [-0.2, -0.15) is 0 Å². The molecular weight excluding hydrogens is 226 g/mol. The molecule has 4 bridgehead atoms. The Kier molecular flexibility index (Phi) is 2.32. The fourth-order valence-electron chi connectivity index (χ4n) is 5.36. The Hall–Kier alpha value is 0.170. The zero-order chi connectivity index (χ0) is 11.1. The van der Waals surface area contributed by atoms with Crippen molar-refractivity contribution in [3.05, 3.63) is 0 Å². The number of quaternary nitrogens is 1. The fraction of sp³-hybridized carbons (Fsp3) is 1.00. The molecule has 3 nitrogen and oxygen atoms in total. The maximum atomic E-state index is 10.3. The van der Waals surface area contributed by atoms with E-state index < -0.39 is 5.91 Å². The molecule has 1 saturated carbocycles. The highest BCUT2D eigenvalue weighted by molar-refractivity contribution is 5.06. The molecule has 4 fully saturated rings. The lowest BCUT2D eigenvalue weighted by molar-refractivity contribution is -1.05. The van der Waals surface area contributed by atoms with Crippen LogP contribution < -0.4 is 17.3 Å². The van der Waals surface area contributed by atoms with Gasteiger partial charge in [-0.3, -0.25) is 4.90 Å². The molecule has 3 saturated heterocycles. The summed E-state index contributed by atoms with van der Waals surface area (Å²) in [5, 5.41) is 20.6. The van der Waals surface area contributed by atoms with Crippen LogP contribution in [0.1, 0.15) is 40.0 Å². The fourth-order valence-corrected chi connectivity index (χ4v) is 5.36. The molecule has 0 aromatic rings. The number of hydrogen-bond donors (Lipinski definition) is 3. The minimum absolute atomic E-state index is 0. The summed E-state index contributed by atoms with van der Waals surface area (Å²) in [6.45, 7) is 8.53. The lowest BCUT2D eigenvalue weighted by Crippen LogP contribution is -3.28. The molecule has 1 aliphatic carbocycles. The van der Waals surface area contributed by atoms with Crippen LogP contribution in [0.5, 0.6) is 0 Å². The molecule has 94 valence electrons. The summed E-state index contributed by atoms with van der Waals surface area (Å²) in [5.41, 5.74) is 0.342.